The van der Waals surface area contributed by atoms with Gasteiger partial charge in [0.2, 0.25) is 0 Å². The van der Waals surface area contributed by atoms with Gasteiger partial charge in [-0.25, -0.2) is 0 Å². The average molecular weight is 209 g/mol. The Morgan fingerprint density at radius 1 is 1.40 bits per heavy atom. The van der Waals surface area contributed by atoms with E-state index in [1.807, 2.05) is 12.1 Å². The van der Waals surface area contributed by atoms with Crippen LogP contribution in [0.2, 0.25) is 0 Å². The second kappa shape index (κ2) is 6.81. The quantitative estimate of drug-likeness (QED) is 0.712. The molecule has 4 heteroatoms. The van der Waals surface area contributed by atoms with Gasteiger partial charge in [-0.15, -0.1) is 0 Å². The molecule has 4 nitrogen and oxygen atoms in total. The lowest BCUT2D eigenvalue weighted by Crippen LogP contribution is -2.24. The summed E-state index contributed by atoms with van der Waals surface area (Å²) in [5, 5.41) is 0. The molecule has 1 aliphatic carbocycles. The Kier molecular flexibility index (Phi) is 5.22. The van der Waals surface area contributed by atoms with Crippen LogP contribution in [-0.2, 0) is 9.53 Å². The minimum Gasteiger partial charge on any atom is -0.490 e. The van der Waals surface area contributed by atoms with E-state index < -0.39 is 0 Å². The van der Waals surface area contributed by atoms with Crippen LogP contribution in [0.4, 0.5) is 0 Å². The number of rotatable bonds is 3. The topological polar surface area (TPSA) is 48.4 Å². The smallest absolute Gasteiger partial charge is 0.292 e. The molecule has 0 aliphatic heterocycles. The Hall–Kier alpha value is -1.58. The van der Waals surface area contributed by atoms with Crippen molar-refractivity contribution in [1.29, 1.82) is 0 Å². The van der Waals surface area contributed by atoms with Gasteiger partial charge in [0.15, 0.2) is 0 Å². The molecule has 1 heterocycles. The Balaban J connectivity index is 0.000000245. The lowest BCUT2D eigenvalue weighted by Gasteiger charge is -2.26. The lowest BCUT2D eigenvalue weighted by molar-refractivity contribution is -0.126. The molecule has 0 radical (unpaired) electrons. The minimum absolute atomic E-state index is 0.375. The van der Waals surface area contributed by atoms with Crippen molar-refractivity contribution >= 4 is 6.47 Å². The molecule has 0 atom stereocenters. The van der Waals surface area contributed by atoms with Crippen molar-refractivity contribution in [3.63, 3.8) is 0 Å². The lowest BCUT2D eigenvalue weighted by atomic mass is 9.96. The highest BCUT2D eigenvalue weighted by atomic mass is 16.5. The summed E-state index contributed by atoms with van der Waals surface area (Å²) in [6, 6.07) is 3.80. The summed E-state index contributed by atoms with van der Waals surface area (Å²) in [5.74, 6) is 0.949. The second-order valence-corrected chi connectivity index (χ2v) is 3.19. The highest BCUT2D eigenvalue weighted by Gasteiger charge is 2.18. The molecule has 0 N–H and O–H groups in total. The molecule has 15 heavy (non-hydrogen) atoms. The van der Waals surface area contributed by atoms with Crippen molar-refractivity contribution < 1.29 is 14.3 Å². The Morgan fingerprint density at radius 2 is 2.00 bits per heavy atom. The summed E-state index contributed by atoms with van der Waals surface area (Å²) in [7, 11) is 1.31. The van der Waals surface area contributed by atoms with E-state index >= 15 is 0 Å². The van der Waals surface area contributed by atoms with Gasteiger partial charge in [-0.1, -0.05) is 0 Å². The van der Waals surface area contributed by atoms with Crippen LogP contribution in [0, 0.1) is 0 Å². The van der Waals surface area contributed by atoms with Crippen LogP contribution in [0.25, 0.3) is 0 Å². The minimum atomic E-state index is 0.375. The van der Waals surface area contributed by atoms with Gasteiger partial charge in [-0.3, -0.25) is 9.78 Å². The molecule has 0 bridgehead atoms. The number of carbonyl (C=O) groups is 1. The normalized spacial score (nSPS) is 14.2. The van der Waals surface area contributed by atoms with Crippen LogP contribution in [0.15, 0.2) is 24.5 Å². The van der Waals surface area contributed by atoms with Crippen LogP contribution in [0.5, 0.6) is 5.75 Å². The zero-order chi connectivity index (χ0) is 10.9. The molecule has 0 aromatic carbocycles. The van der Waals surface area contributed by atoms with Crippen molar-refractivity contribution in [3.05, 3.63) is 24.5 Å². The van der Waals surface area contributed by atoms with Gasteiger partial charge in [-0.2, -0.15) is 0 Å². The molecular formula is C11H15NO3. The Morgan fingerprint density at radius 3 is 2.40 bits per heavy atom. The highest BCUT2D eigenvalue weighted by molar-refractivity contribution is 5.36. The first-order chi connectivity index (χ1) is 7.36. The third-order valence-corrected chi connectivity index (χ3v) is 2.10. The monoisotopic (exact) mass is 209 g/mol. The van der Waals surface area contributed by atoms with Crippen LogP contribution < -0.4 is 4.74 Å². The number of hydrogen-bond donors (Lipinski definition) is 0. The molecule has 1 fully saturated rings. The fourth-order valence-corrected chi connectivity index (χ4v) is 1.10. The molecule has 82 valence electrons. The van der Waals surface area contributed by atoms with E-state index in [-0.39, 0.29) is 0 Å². The summed E-state index contributed by atoms with van der Waals surface area (Å²) >= 11 is 0. The predicted molar refractivity (Wildman–Crippen MR) is 55.6 cm³/mol. The van der Waals surface area contributed by atoms with Crippen LogP contribution >= 0.6 is 0 Å². The van der Waals surface area contributed by atoms with Gasteiger partial charge in [0.05, 0.1) is 13.2 Å². The molecule has 0 unspecified atom stereocenters. The average Bonchev–Trinajstić information content (AvgIpc) is 2.25. The van der Waals surface area contributed by atoms with Gasteiger partial charge in [0, 0.05) is 12.4 Å². The maximum Gasteiger partial charge on any atom is 0.292 e. The third-order valence-electron chi connectivity index (χ3n) is 2.10. The molecule has 1 saturated carbocycles. The molecule has 2 rings (SSSR count). The number of aromatic nitrogens is 1. The summed E-state index contributed by atoms with van der Waals surface area (Å²) in [5.41, 5.74) is 0. The molecule has 0 amide bonds. The number of methoxy groups -OCH3 is 1. The Bertz CT molecular complexity index is 272. The third kappa shape index (κ3) is 4.44. The van der Waals surface area contributed by atoms with Gasteiger partial charge in [0.1, 0.15) is 5.75 Å². The van der Waals surface area contributed by atoms with Crippen LogP contribution in [-0.4, -0.2) is 24.7 Å². The first-order valence-electron chi connectivity index (χ1n) is 4.90. The van der Waals surface area contributed by atoms with E-state index in [4.69, 9.17) is 9.53 Å². The first-order valence-corrected chi connectivity index (χ1v) is 4.90. The number of nitrogens with zero attached hydrogens (tertiary/aromatic N) is 1. The van der Waals surface area contributed by atoms with Crippen molar-refractivity contribution in [2.45, 2.75) is 25.4 Å². The molecular weight excluding hydrogens is 194 g/mol. The standard InChI is InChI=1S/C9H11NO.C2H4O2/c1-2-8(3-1)11-9-4-6-10-7-5-9;1-4-2-3/h4-8H,1-3H2;2H,1H3. The second-order valence-electron chi connectivity index (χ2n) is 3.19. The molecule has 1 aliphatic rings. The van der Waals surface area contributed by atoms with Gasteiger partial charge in [-0.05, 0) is 31.4 Å². The summed E-state index contributed by atoms with van der Waals surface area (Å²) in [4.78, 5) is 12.9. The largest absolute Gasteiger partial charge is 0.490 e. The zero-order valence-corrected chi connectivity index (χ0v) is 8.76. The van der Waals surface area contributed by atoms with E-state index in [9.17, 15) is 0 Å². The van der Waals surface area contributed by atoms with E-state index in [0.717, 1.165) is 5.75 Å². The molecule has 0 saturated heterocycles. The number of carbonyl (C=O) groups excluding carboxylic acids is 1. The van der Waals surface area contributed by atoms with Gasteiger partial charge < -0.3 is 9.47 Å². The zero-order valence-electron chi connectivity index (χ0n) is 8.76. The SMILES string of the molecule is COC=O.c1cc(OC2CCC2)ccn1. The van der Waals surface area contributed by atoms with E-state index in [0.29, 0.717) is 12.6 Å². The highest BCUT2D eigenvalue weighted by Crippen LogP contribution is 2.24. The Labute approximate surface area is 89.2 Å². The summed E-state index contributed by atoms with van der Waals surface area (Å²) < 4.78 is 9.47. The number of ether oxygens (including phenoxy) is 2. The molecule has 1 aromatic rings. The van der Waals surface area contributed by atoms with Crippen molar-refractivity contribution in [1.82, 2.24) is 4.98 Å². The molecule has 0 spiro atoms. The first kappa shape index (κ1) is 11.5. The predicted octanol–water partition coefficient (Wildman–Crippen LogP) is 1.80. The van der Waals surface area contributed by atoms with Crippen molar-refractivity contribution in [2.24, 2.45) is 0 Å². The fourth-order valence-electron chi connectivity index (χ4n) is 1.10. The van der Waals surface area contributed by atoms with Gasteiger partial charge >= 0.3 is 0 Å². The van der Waals surface area contributed by atoms with Crippen molar-refractivity contribution in [3.8, 4) is 5.75 Å². The number of pyridine rings is 1. The van der Waals surface area contributed by atoms with E-state index in [1.54, 1.807) is 12.4 Å². The molecule has 1 aromatic heterocycles. The summed E-state index contributed by atoms with van der Waals surface area (Å²) in [6.45, 7) is 0.375. The summed E-state index contributed by atoms with van der Waals surface area (Å²) in [6.07, 6.45) is 7.72. The maximum atomic E-state index is 8.95. The van der Waals surface area contributed by atoms with Crippen molar-refractivity contribution in [2.75, 3.05) is 7.11 Å². The van der Waals surface area contributed by atoms with Gasteiger partial charge in [0.25, 0.3) is 6.47 Å². The number of hydrogen-bond acceptors (Lipinski definition) is 4. The van der Waals surface area contributed by atoms with E-state index in [2.05, 4.69) is 9.72 Å². The van der Waals surface area contributed by atoms with Crippen LogP contribution in [0.1, 0.15) is 19.3 Å². The maximum absolute atomic E-state index is 8.95. The van der Waals surface area contributed by atoms with E-state index in [1.165, 1.54) is 26.4 Å². The van der Waals surface area contributed by atoms with Crippen LogP contribution in [0.3, 0.4) is 0 Å². The fraction of sp³-hybridized carbons (Fsp3) is 0.455.